The highest BCUT2D eigenvalue weighted by atomic mass is 16.5. The number of amides is 1. The third kappa shape index (κ3) is 2.96. The molecule has 120 valence electrons. The van der Waals surface area contributed by atoms with Crippen molar-refractivity contribution in [3.05, 3.63) is 47.3 Å². The van der Waals surface area contributed by atoms with E-state index in [1.165, 1.54) is 5.56 Å². The Morgan fingerprint density at radius 1 is 1.39 bits per heavy atom. The number of ether oxygens (including phenoxy) is 1. The molecule has 2 aromatic rings. The molecule has 2 aliphatic rings. The number of fused-ring (bicyclic) bond motifs is 2. The van der Waals surface area contributed by atoms with Gasteiger partial charge in [-0.3, -0.25) is 9.48 Å². The normalized spacial score (nSPS) is 19.4. The number of aromatic nitrogens is 2. The van der Waals surface area contributed by atoms with Crippen LogP contribution in [0.5, 0.6) is 5.75 Å². The first-order valence-electron chi connectivity index (χ1n) is 8.32. The van der Waals surface area contributed by atoms with Gasteiger partial charge >= 0.3 is 0 Å². The summed E-state index contributed by atoms with van der Waals surface area (Å²) >= 11 is 0. The summed E-state index contributed by atoms with van der Waals surface area (Å²) in [6.45, 7) is 2.22. The van der Waals surface area contributed by atoms with Crippen LogP contribution in [0.2, 0.25) is 0 Å². The SMILES string of the molecule is O=C(NCc1ccc2c(c1)CCCO2)C1CCn2nccc2C1. The van der Waals surface area contributed by atoms with E-state index in [1.54, 1.807) is 0 Å². The number of hydrogen-bond acceptors (Lipinski definition) is 3. The Morgan fingerprint density at radius 3 is 3.30 bits per heavy atom. The summed E-state index contributed by atoms with van der Waals surface area (Å²) in [5.74, 6) is 1.19. The highest BCUT2D eigenvalue weighted by molar-refractivity contribution is 5.79. The fraction of sp³-hybridized carbons (Fsp3) is 0.444. The Balaban J connectivity index is 1.37. The van der Waals surface area contributed by atoms with Gasteiger partial charge in [-0.25, -0.2) is 0 Å². The van der Waals surface area contributed by atoms with Crippen LogP contribution < -0.4 is 10.1 Å². The zero-order valence-electron chi connectivity index (χ0n) is 13.1. The van der Waals surface area contributed by atoms with E-state index in [1.807, 2.05) is 29.1 Å². The number of nitrogens with zero attached hydrogens (tertiary/aromatic N) is 2. The molecule has 4 rings (SSSR count). The molecule has 3 heterocycles. The predicted molar refractivity (Wildman–Crippen MR) is 86.1 cm³/mol. The van der Waals surface area contributed by atoms with E-state index in [0.717, 1.165) is 55.8 Å². The molecule has 1 aromatic carbocycles. The molecule has 0 saturated heterocycles. The molecule has 1 aromatic heterocycles. The molecular weight excluding hydrogens is 290 g/mol. The molecule has 2 aliphatic heterocycles. The highest BCUT2D eigenvalue weighted by Crippen LogP contribution is 2.25. The lowest BCUT2D eigenvalue weighted by atomic mass is 9.95. The Kier molecular flexibility index (Phi) is 3.77. The molecule has 5 nitrogen and oxygen atoms in total. The summed E-state index contributed by atoms with van der Waals surface area (Å²) < 4.78 is 7.62. The maximum absolute atomic E-state index is 12.4. The molecule has 0 spiro atoms. The fourth-order valence-corrected chi connectivity index (χ4v) is 3.45. The second kappa shape index (κ2) is 6.07. The van der Waals surface area contributed by atoms with Crippen LogP contribution in [-0.2, 0) is 30.7 Å². The van der Waals surface area contributed by atoms with Crippen LogP contribution >= 0.6 is 0 Å². The predicted octanol–water partition coefficient (Wildman–Crippen LogP) is 2.09. The van der Waals surface area contributed by atoms with Crippen molar-refractivity contribution >= 4 is 5.91 Å². The average Bonchev–Trinajstić information content (AvgIpc) is 3.07. The summed E-state index contributed by atoms with van der Waals surface area (Å²) in [4.78, 5) is 12.4. The zero-order chi connectivity index (χ0) is 15.6. The molecule has 0 bridgehead atoms. The lowest BCUT2D eigenvalue weighted by Crippen LogP contribution is -2.35. The Bertz CT molecular complexity index is 723. The zero-order valence-corrected chi connectivity index (χ0v) is 13.1. The van der Waals surface area contributed by atoms with Gasteiger partial charge in [0.15, 0.2) is 0 Å². The van der Waals surface area contributed by atoms with Crippen molar-refractivity contribution in [3.8, 4) is 5.75 Å². The monoisotopic (exact) mass is 311 g/mol. The molecule has 23 heavy (non-hydrogen) atoms. The van der Waals surface area contributed by atoms with Gasteiger partial charge in [0.2, 0.25) is 5.91 Å². The maximum atomic E-state index is 12.4. The second-order valence-corrected chi connectivity index (χ2v) is 6.35. The van der Waals surface area contributed by atoms with E-state index in [0.29, 0.717) is 6.54 Å². The molecule has 0 radical (unpaired) electrons. The quantitative estimate of drug-likeness (QED) is 0.944. The van der Waals surface area contributed by atoms with Gasteiger partial charge in [-0.2, -0.15) is 5.10 Å². The minimum absolute atomic E-state index is 0.0557. The second-order valence-electron chi connectivity index (χ2n) is 6.35. The van der Waals surface area contributed by atoms with Crippen LogP contribution in [0, 0.1) is 5.92 Å². The van der Waals surface area contributed by atoms with Gasteiger partial charge in [-0.1, -0.05) is 12.1 Å². The molecular formula is C18H21N3O2. The van der Waals surface area contributed by atoms with Crippen molar-refractivity contribution in [2.75, 3.05) is 6.61 Å². The number of hydrogen-bond donors (Lipinski definition) is 1. The van der Waals surface area contributed by atoms with Gasteiger partial charge < -0.3 is 10.1 Å². The Hall–Kier alpha value is -2.30. The van der Waals surface area contributed by atoms with E-state index < -0.39 is 0 Å². The summed E-state index contributed by atoms with van der Waals surface area (Å²) in [6, 6.07) is 8.23. The summed E-state index contributed by atoms with van der Waals surface area (Å²) in [7, 11) is 0. The molecule has 1 N–H and O–H groups in total. The van der Waals surface area contributed by atoms with E-state index in [-0.39, 0.29) is 11.8 Å². The lowest BCUT2D eigenvalue weighted by Gasteiger charge is -2.23. The number of aryl methyl sites for hydroxylation is 2. The van der Waals surface area contributed by atoms with Crippen molar-refractivity contribution in [1.29, 1.82) is 0 Å². The maximum Gasteiger partial charge on any atom is 0.223 e. The standard InChI is InChI=1S/C18H21N3O2/c22-18(15-6-8-21-16(11-15)5-7-20-21)19-12-13-3-4-17-14(10-13)2-1-9-23-17/h3-5,7,10,15H,1-2,6,8-9,11-12H2,(H,19,22). The largest absolute Gasteiger partial charge is 0.493 e. The third-order valence-corrected chi connectivity index (χ3v) is 4.76. The number of carbonyl (C=O) groups excluding carboxylic acids is 1. The van der Waals surface area contributed by atoms with Gasteiger partial charge in [0.05, 0.1) is 6.61 Å². The fourth-order valence-electron chi connectivity index (χ4n) is 3.45. The summed E-state index contributed by atoms with van der Waals surface area (Å²) in [5, 5.41) is 7.35. The van der Waals surface area contributed by atoms with Crippen LogP contribution in [0.15, 0.2) is 30.5 Å². The number of benzene rings is 1. The third-order valence-electron chi connectivity index (χ3n) is 4.76. The Morgan fingerprint density at radius 2 is 2.35 bits per heavy atom. The van der Waals surface area contributed by atoms with E-state index in [9.17, 15) is 4.79 Å². The first-order valence-corrected chi connectivity index (χ1v) is 8.32. The molecule has 5 heteroatoms. The van der Waals surface area contributed by atoms with Gasteiger partial charge in [-0.15, -0.1) is 0 Å². The van der Waals surface area contributed by atoms with E-state index in [2.05, 4.69) is 16.5 Å². The number of carbonyl (C=O) groups is 1. The van der Waals surface area contributed by atoms with Crippen molar-refractivity contribution in [2.45, 2.75) is 38.8 Å². The average molecular weight is 311 g/mol. The van der Waals surface area contributed by atoms with Crippen LogP contribution in [0.3, 0.4) is 0 Å². The van der Waals surface area contributed by atoms with E-state index >= 15 is 0 Å². The van der Waals surface area contributed by atoms with Crippen molar-refractivity contribution in [2.24, 2.45) is 5.92 Å². The lowest BCUT2D eigenvalue weighted by molar-refractivity contribution is -0.125. The summed E-state index contributed by atoms with van der Waals surface area (Å²) in [5.41, 5.74) is 3.55. The first kappa shape index (κ1) is 14.3. The molecule has 0 fully saturated rings. The van der Waals surface area contributed by atoms with Crippen LogP contribution in [-0.4, -0.2) is 22.3 Å². The molecule has 1 amide bonds. The van der Waals surface area contributed by atoms with Crippen LogP contribution in [0.4, 0.5) is 0 Å². The van der Waals surface area contributed by atoms with Gasteiger partial charge in [0.25, 0.3) is 0 Å². The first-order chi connectivity index (χ1) is 11.3. The van der Waals surface area contributed by atoms with E-state index in [4.69, 9.17) is 4.74 Å². The van der Waals surface area contributed by atoms with Crippen LogP contribution in [0.1, 0.15) is 29.7 Å². The van der Waals surface area contributed by atoms with Crippen molar-refractivity contribution < 1.29 is 9.53 Å². The van der Waals surface area contributed by atoms with Gasteiger partial charge in [0, 0.05) is 37.3 Å². The van der Waals surface area contributed by atoms with Crippen LogP contribution in [0.25, 0.3) is 0 Å². The minimum atomic E-state index is 0.0557. The molecule has 1 atom stereocenters. The summed E-state index contributed by atoms with van der Waals surface area (Å²) in [6.07, 6.45) is 5.58. The van der Waals surface area contributed by atoms with Gasteiger partial charge in [0.1, 0.15) is 5.75 Å². The van der Waals surface area contributed by atoms with Gasteiger partial charge in [-0.05, 0) is 42.5 Å². The smallest absolute Gasteiger partial charge is 0.223 e. The molecule has 1 unspecified atom stereocenters. The number of rotatable bonds is 3. The molecule has 0 aliphatic carbocycles. The highest BCUT2D eigenvalue weighted by Gasteiger charge is 2.24. The Labute approximate surface area is 135 Å². The minimum Gasteiger partial charge on any atom is -0.493 e. The number of nitrogens with one attached hydrogen (secondary N) is 1. The van der Waals surface area contributed by atoms with Crippen molar-refractivity contribution in [1.82, 2.24) is 15.1 Å². The van der Waals surface area contributed by atoms with Crippen molar-refractivity contribution in [3.63, 3.8) is 0 Å². The topological polar surface area (TPSA) is 56.1 Å². The molecule has 0 saturated carbocycles.